The van der Waals surface area contributed by atoms with Crippen LogP contribution in [0.2, 0.25) is 0 Å². The molecule has 0 bridgehead atoms. The van der Waals surface area contributed by atoms with Crippen LogP contribution in [0.25, 0.3) is 11.0 Å². The lowest BCUT2D eigenvalue weighted by Crippen LogP contribution is -1.96. The second kappa shape index (κ2) is 2.23. The zero-order chi connectivity index (χ0) is 7.68. The Labute approximate surface area is 63.1 Å². The fraction of sp³-hybridized carbons (Fsp3) is 0. The van der Waals surface area contributed by atoms with Gasteiger partial charge < -0.3 is 4.79 Å². The fourth-order valence-corrected chi connectivity index (χ4v) is 1.02. The van der Waals surface area contributed by atoms with Crippen molar-refractivity contribution >= 4 is 11.0 Å². The zero-order valence-electron chi connectivity index (χ0n) is 5.82. The van der Waals surface area contributed by atoms with Crippen LogP contribution in [0.15, 0.2) is 40.8 Å². The van der Waals surface area contributed by atoms with Gasteiger partial charge in [0.05, 0.1) is 6.07 Å². The van der Waals surface area contributed by atoms with E-state index in [0.29, 0.717) is 5.58 Å². The fourth-order valence-electron chi connectivity index (χ4n) is 1.02. The molecule has 0 atom stereocenters. The van der Waals surface area contributed by atoms with Gasteiger partial charge in [0.1, 0.15) is 0 Å². The summed E-state index contributed by atoms with van der Waals surface area (Å²) in [5.74, 6) is 0. The van der Waals surface area contributed by atoms with E-state index in [1.54, 1.807) is 0 Å². The first-order valence-corrected chi connectivity index (χ1v) is 3.37. The van der Waals surface area contributed by atoms with Crippen LogP contribution in [0.1, 0.15) is 0 Å². The number of fused-ring (bicyclic) bond motifs is 1. The lowest BCUT2D eigenvalue weighted by atomic mass is 10.2. The van der Waals surface area contributed by atoms with Gasteiger partial charge in [-0.1, -0.05) is 12.1 Å². The highest BCUT2D eigenvalue weighted by Gasteiger charge is 1.99. The number of hydrogen-bond acceptors (Lipinski definition) is 1. The van der Waals surface area contributed by atoms with Gasteiger partial charge in [0, 0.05) is 11.5 Å². The summed E-state index contributed by atoms with van der Waals surface area (Å²) < 4.78 is 5.02. The molecule has 1 aromatic carbocycles. The third-order valence-corrected chi connectivity index (χ3v) is 1.54. The maximum atomic E-state index is 8.96. The number of para-hydroxylation sites is 1. The first-order chi connectivity index (χ1) is 5.36. The van der Waals surface area contributed by atoms with Crippen molar-refractivity contribution in [3.05, 3.63) is 42.0 Å². The van der Waals surface area contributed by atoms with E-state index < -0.39 is 0 Å². The second-order valence-corrected chi connectivity index (χ2v) is 2.31. The highest BCUT2D eigenvalue weighted by atomic mass is 16.4. The standard InChI is InChI=1S/C9H6O2/c10-9-6-5-7-3-1-2-4-8(7)11-9/h1-6H/p+1. The molecule has 0 saturated heterocycles. The second-order valence-electron chi connectivity index (χ2n) is 2.31. The summed E-state index contributed by atoms with van der Waals surface area (Å²) in [7, 11) is 0. The Hall–Kier alpha value is -1.57. The van der Waals surface area contributed by atoms with Gasteiger partial charge >= 0.3 is 5.63 Å². The SMILES string of the molecule is [OH+]=c1ccc2ccccc2o1. The summed E-state index contributed by atoms with van der Waals surface area (Å²) in [4.78, 5) is 8.96. The molecule has 0 saturated carbocycles. The molecule has 0 radical (unpaired) electrons. The molecule has 1 heterocycles. The first kappa shape index (κ1) is 6.16. The van der Waals surface area contributed by atoms with E-state index in [9.17, 15) is 0 Å². The Balaban J connectivity index is 2.94. The predicted octanol–water partition coefficient (Wildman–Crippen LogP) is 1.44. The molecular formula is C9H7O2+. The summed E-state index contributed by atoms with van der Waals surface area (Å²) in [6, 6.07) is 10.9. The molecule has 0 amide bonds. The smallest absolute Gasteiger partial charge is 0.335 e. The maximum absolute atomic E-state index is 8.96. The van der Waals surface area contributed by atoms with E-state index in [1.807, 2.05) is 30.3 Å². The van der Waals surface area contributed by atoms with E-state index in [-0.39, 0.29) is 5.63 Å². The molecule has 0 fully saturated rings. The molecule has 2 aromatic rings. The zero-order valence-corrected chi connectivity index (χ0v) is 5.82. The van der Waals surface area contributed by atoms with Gasteiger partial charge in [0.15, 0.2) is 0 Å². The van der Waals surface area contributed by atoms with Crippen molar-refractivity contribution in [1.82, 2.24) is 0 Å². The number of benzene rings is 1. The van der Waals surface area contributed by atoms with Crippen molar-refractivity contribution in [1.29, 1.82) is 0 Å². The third kappa shape index (κ3) is 1.03. The van der Waals surface area contributed by atoms with Crippen LogP contribution in [0, 0.1) is 0 Å². The summed E-state index contributed by atoms with van der Waals surface area (Å²) in [5.41, 5.74) is 0.649. The Morgan fingerprint density at radius 3 is 2.73 bits per heavy atom. The molecule has 0 aliphatic heterocycles. The normalized spacial score (nSPS) is 10.2. The van der Waals surface area contributed by atoms with Crippen molar-refractivity contribution in [2.24, 2.45) is 0 Å². The molecule has 2 nitrogen and oxygen atoms in total. The molecule has 2 rings (SSSR count). The average molecular weight is 147 g/mol. The molecular weight excluding hydrogens is 140 g/mol. The molecule has 0 spiro atoms. The Bertz CT molecular complexity index is 429. The molecule has 1 N–H and O–H groups in total. The van der Waals surface area contributed by atoms with Gasteiger partial charge in [-0.15, -0.1) is 0 Å². The van der Waals surface area contributed by atoms with Gasteiger partial charge in [-0.2, -0.15) is 0 Å². The summed E-state index contributed by atoms with van der Waals surface area (Å²) in [5, 5.41) is 0.991. The third-order valence-electron chi connectivity index (χ3n) is 1.54. The van der Waals surface area contributed by atoms with E-state index >= 15 is 0 Å². The van der Waals surface area contributed by atoms with Gasteiger partial charge in [-0.3, -0.25) is 4.42 Å². The molecule has 11 heavy (non-hydrogen) atoms. The molecule has 0 aliphatic carbocycles. The highest BCUT2D eigenvalue weighted by Crippen LogP contribution is 2.08. The van der Waals surface area contributed by atoms with Crippen molar-refractivity contribution < 1.29 is 9.21 Å². The minimum Gasteiger partial charge on any atom is -0.335 e. The number of hydrogen-bond donors (Lipinski definition) is 0. The van der Waals surface area contributed by atoms with Crippen LogP contribution < -0.4 is 5.63 Å². The van der Waals surface area contributed by atoms with Gasteiger partial charge in [-0.25, -0.2) is 0 Å². The lowest BCUT2D eigenvalue weighted by molar-refractivity contribution is 0.391. The van der Waals surface area contributed by atoms with Crippen LogP contribution in [-0.4, -0.2) is 4.79 Å². The number of rotatable bonds is 0. The van der Waals surface area contributed by atoms with Crippen LogP contribution >= 0.6 is 0 Å². The highest BCUT2D eigenvalue weighted by molar-refractivity contribution is 5.75. The Morgan fingerprint density at radius 1 is 1.00 bits per heavy atom. The van der Waals surface area contributed by atoms with Gasteiger partial charge in [0.2, 0.25) is 0 Å². The van der Waals surface area contributed by atoms with Crippen LogP contribution in [0.3, 0.4) is 0 Å². The largest absolute Gasteiger partial charge is 0.516 e. The van der Waals surface area contributed by atoms with Crippen LogP contribution in [-0.2, 0) is 0 Å². The van der Waals surface area contributed by atoms with Crippen molar-refractivity contribution in [2.75, 3.05) is 0 Å². The topological polar surface area (TPSA) is 34.5 Å². The molecule has 0 unspecified atom stereocenters. The predicted molar refractivity (Wildman–Crippen MR) is 41.3 cm³/mol. The molecule has 0 aliphatic rings. The Morgan fingerprint density at radius 2 is 1.82 bits per heavy atom. The quantitative estimate of drug-likeness (QED) is 0.410. The molecule has 1 aromatic heterocycles. The minimum atomic E-state index is -0.0521. The van der Waals surface area contributed by atoms with Crippen LogP contribution in [0.5, 0.6) is 0 Å². The van der Waals surface area contributed by atoms with E-state index in [0.717, 1.165) is 5.39 Å². The summed E-state index contributed by atoms with van der Waals surface area (Å²) in [6.07, 6.45) is 0. The summed E-state index contributed by atoms with van der Waals surface area (Å²) in [6.45, 7) is 0. The monoisotopic (exact) mass is 147 g/mol. The van der Waals surface area contributed by atoms with Crippen molar-refractivity contribution in [3.63, 3.8) is 0 Å². The minimum absolute atomic E-state index is 0.0521. The maximum Gasteiger partial charge on any atom is 0.516 e. The van der Waals surface area contributed by atoms with Gasteiger partial charge in [-0.05, 0) is 12.1 Å². The Kier molecular flexibility index (Phi) is 1.25. The molecule has 2 heteroatoms. The van der Waals surface area contributed by atoms with Crippen LogP contribution in [0.4, 0.5) is 0 Å². The van der Waals surface area contributed by atoms with Gasteiger partial charge in [0.25, 0.3) is 5.58 Å². The summed E-state index contributed by atoms with van der Waals surface area (Å²) >= 11 is 0. The van der Waals surface area contributed by atoms with E-state index in [1.165, 1.54) is 6.07 Å². The molecule has 54 valence electrons. The lowest BCUT2D eigenvalue weighted by Gasteiger charge is -1.85. The van der Waals surface area contributed by atoms with E-state index in [2.05, 4.69) is 0 Å². The first-order valence-electron chi connectivity index (χ1n) is 3.37. The average Bonchev–Trinajstić information content (AvgIpc) is 2.04. The van der Waals surface area contributed by atoms with Crippen molar-refractivity contribution in [2.45, 2.75) is 0 Å². The van der Waals surface area contributed by atoms with Crippen molar-refractivity contribution in [3.8, 4) is 0 Å². The van der Waals surface area contributed by atoms with E-state index in [4.69, 9.17) is 9.21 Å².